The first-order valence-electron chi connectivity index (χ1n) is 11.0. The molecule has 1 N–H and O–H groups in total. The van der Waals surface area contributed by atoms with Crippen molar-refractivity contribution in [2.24, 2.45) is 0 Å². The monoisotopic (exact) mass is 426 g/mol. The van der Waals surface area contributed by atoms with Crippen molar-refractivity contribution in [1.29, 1.82) is 0 Å². The standard InChI is InChI=1S/C26H26N4O2/c31-26(28-23-12-13-23)22-10-8-20(9-11-22)16-29(19-25-7-4-14-32-25)17-21-15-27-30(18-21)24-5-2-1-3-6-24/h1-11,14-15,18,23H,12-13,16-17,19H2,(H,28,31). The fraction of sp³-hybridized carbons (Fsp3) is 0.231. The van der Waals surface area contributed by atoms with Gasteiger partial charge in [0.05, 0.1) is 24.7 Å². The molecule has 0 saturated heterocycles. The average Bonchev–Trinajstić information content (AvgIpc) is 3.27. The van der Waals surface area contributed by atoms with Gasteiger partial charge in [-0.2, -0.15) is 5.10 Å². The first-order valence-corrected chi connectivity index (χ1v) is 11.0. The second kappa shape index (κ2) is 9.24. The molecule has 2 heterocycles. The lowest BCUT2D eigenvalue weighted by molar-refractivity contribution is 0.0951. The van der Waals surface area contributed by atoms with Crippen molar-refractivity contribution in [3.05, 3.63) is 108 Å². The maximum atomic E-state index is 12.3. The van der Waals surface area contributed by atoms with Crippen LogP contribution in [0.2, 0.25) is 0 Å². The van der Waals surface area contributed by atoms with Gasteiger partial charge in [-0.05, 0) is 54.8 Å². The minimum Gasteiger partial charge on any atom is -0.468 e. The van der Waals surface area contributed by atoms with E-state index >= 15 is 0 Å². The molecule has 4 aromatic rings. The van der Waals surface area contributed by atoms with Gasteiger partial charge >= 0.3 is 0 Å². The maximum absolute atomic E-state index is 12.3. The molecule has 1 saturated carbocycles. The molecule has 0 aliphatic heterocycles. The molecule has 0 spiro atoms. The molecule has 6 nitrogen and oxygen atoms in total. The average molecular weight is 427 g/mol. The summed E-state index contributed by atoms with van der Waals surface area (Å²) < 4.78 is 7.49. The first kappa shape index (κ1) is 20.3. The number of aromatic nitrogens is 2. The van der Waals surface area contributed by atoms with E-state index in [9.17, 15) is 4.79 Å². The Bertz CT molecular complexity index is 1150. The van der Waals surface area contributed by atoms with Crippen LogP contribution in [-0.4, -0.2) is 26.6 Å². The molecule has 1 aliphatic carbocycles. The van der Waals surface area contributed by atoms with E-state index in [1.807, 2.05) is 77.6 Å². The Morgan fingerprint density at radius 2 is 1.75 bits per heavy atom. The number of nitrogens with one attached hydrogen (secondary N) is 1. The molecule has 0 bridgehead atoms. The van der Waals surface area contributed by atoms with Gasteiger partial charge < -0.3 is 9.73 Å². The fourth-order valence-electron chi connectivity index (χ4n) is 3.73. The van der Waals surface area contributed by atoms with E-state index in [0.29, 0.717) is 18.2 Å². The highest BCUT2D eigenvalue weighted by Gasteiger charge is 2.23. The van der Waals surface area contributed by atoms with Gasteiger partial charge in [0.15, 0.2) is 0 Å². The Morgan fingerprint density at radius 3 is 2.47 bits per heavy atom. The zero-order valence-corrected chi connectivity index (χ0v) is 17.9. The molecule has 162 valence electrons. The number of benzene rings is 2. The third-order valence-electron chi connectivity index (χ3n) is 5.56. The van der Waals surface area contributed by atoms with Gasteiger partial charge in [-0.3, -0.25) is 9.69 Å². The molecule has 0 radical (unpaired) electrons. The summed E-state index contributed by atoms with van der Waals surface area (Å²) >= 11 is 0. The van der Waals surface area contributed by atoms with E-state index < -0.39 is 0 Å². The minimum atomic E-state index is 0.0137. The quantitative estimate of drug-likeness (QED) is 0.426. The number of hydrogen-bond donors (Lipinski definition) is 1. The number of rotatable bonds is 9. The number of furan rings is 1. The van der Waals surface area contributed by atoms with Gasteiger partial charge in [-0.15, -0.1) is 0 Å². The molecule has 2 aromatic carbocycles. The van der Waals surface area contributed by atoms with E-state index in [-0.39, 0.29) is 5.91 Å². The van der Waals surface area contributed by atoms with Crippen LogP contribution in [0.15, 0.2) is 89.8 Å². The van der Waals surface area contributed by atoms with Crippen LogP contribution in [0.25, 0.3) is 5.69 Å². The van der Waals surface area contributed by atoms with E-state index in [4.69, 9.17) is 4.42 Å². The Morgan fingerprint density at radius 1 is 0.969 bits per heavy atom. The lowest BCUT2D eigenvalue weighted by atomic mass is 10.1. The van der Waals surface area contributed by atoms with Gasteiger partial charge in [0.1, 0.15) is 5.76 Å². The molecule has 32 heavy (non-hydrogen) atoms. The van der Waals surface area contributed by atoms with Crippen molar-refractivity contribution in [3.8, 4) is 5.69 Å². The van der Waals surface area contributed by atoms with Crippen LogP contribution in [-0.2, 0) is 19.6 Å². The van der Waals surface area contributed by atoms with Crippen LogP contribution < -0.4 is 5.32 Å². The van der Waals surface area contributed by atoms with Gasteiger partial charge in [0, 0.05) is 36.5 Å². The van der Waals surface area contributed by atoms with Crippen LogP contribution >= 0.6 is 0 Å². The molecular formula is C26H26N4O2. The molecule has 0 unspecified atom stereocenters. The Labute approximate surface area is 187 Å². The predicted molar refractivity (Wildman–Crippen MR) is 122 cm³/mol. The van der Waals surface area contributed by atoms with E-state index in [1.54, 1.807) is 6.26 Å². The van der Waals surface area contributed by atoms with Crippen molar-refractivity contribution < 1.29 is 9.21 Å². The van der Waals surface area contributed by atoms with E-state index in [0.717, 1.165) is 48.5 Å². The van der Waals surface area contributed by atoms with Crippen molar-refractivity contribution >= 4 is 5.91 Å². The highest BCUT2D eigenvalue weighted by atomic mass is 16.3. The molecular weight excluding hydrogens is 400 g/mol. The number of amides is 1. The summed E-state index contributed by atoms with van der Waals surface area (Å²) in [7, 11) is 0. The van der Waals surface area contributed by atoms with Crippen molar-refractivity contribution in [2.75, 3.05) is 0 Å². The molecule has 5 rings (SSSR count). The smallest absolute Gasteiger partial charge is 0.251 e. The number of carbonyl (C=O) groups excluding carboxylic acids is 1. The van der Waals surface area contributed by atoms with Crippen LogP contribution in [0.4, 0.5) is 0 Å². The topological polar surface area (TPSA) is 63.3 Å². The molecule has 6 heteroatoms. The van der Waals surface area contributed by atoms with Crippen LogP contribution in [0.5, 0.6) is 0 Å². The summed E-state index contributed by atoms with van der Waals surface area (Å²) in [5, 5.41) is 7.56. The summed E-state index contributed by atoms with van der Waals surface area (Å²) in [6.45, 7) is 2.16. The zero-order valence-electron chi connectivity index (χ0n) is 17.9. The van der Waals surface area contributed by atoms with Gasteiger partial charge in [0.2, 0.25) is 0 Å². The number of nitrogens with zero attached hydrogens (tertiary/aromatic N) is 3. The van der Waals surface area contributed by atoms with Crippen LogP contribution in [0.1, 0.15) is 40.1 Å². The third kappa shape index (κ3) is 5.15. The SMILES string of the molecule is O=C(NC1CC1)c1ccc(CN(Cc2cnn(-c3ccccc3)c2)Cc2ccco2)cc1. The molecule has 2 aromatic heterocycles. The van der Waals surface area contributed by atoms with Crippen molar-refractivity contribution in [1.82, 2.24) is 20.0 Å². The number of hydrogen-bond acceptors (Lipinski definition) is 4. The van der Waals surface area contributed by atoms with Crippen molar-refractivity contribution in [2.45, 2.75) is 38.5 Å². The van der Waals surface area contributed by atoms with Gasteiger partial charge in [0.25, 0.3) is 5.91 Å². The van der Waals surface area contributed by atoms with Crippen LogP contribution in [0.3, 0.4) is 0 Å². The minimum absolute atomic E-state index is 0.0137. The molecule has 1 fully saturated rings. The second-order valence-electron chi connectivity index (χ2n) is 8.30. The lowest BCUT2D eigenvalue weighted by Crippen LogP contribution is -2.25. The summed E-state index contributed by atoms with van der Waals surface area (Å²) in [5.41, 5.74) is 4.02. The fourth-order valence-corrected chi connectivity index (χ4v) is 3.73. The molecule has 1 aliphatic rings. The van der Waals surface area contributed by atoms with E-state index in [1.165, 1.54) is 0 Å². The maximum Gasteiger partial charge on any atom is 0.251 e. The summed E-state index contributed by atoms with van der Waals surface area (Å²) in [6, 6.07) is 22.2. The zero-order chi connectivity index (χ0) is 21.8. The largest absolute Gasteiger partial charge is 0.468 e. The molecule has 1 amide bonds. The predicted octanol–water partition coefficient (Wildman–Crippen LogP) is 4.56. The Hall–Kier alpha value is -3.64. The number of carbonyl (C=O) groups is 1. The Kier molecular flexibility index (Phi) is 5.85. The summed E-state index contributed by atoms with van der Waals surface area (Å²) in [6.07, 6.45) is 7.86. The lowest BCUT2D eigenvalue weighted by Gasteiger charge is -2.21. The van der Waals surface area contributed by atoms with Gasteiger partial charge in [-0.25, -0.2) is 4.68 Å². The Balaban J connectivity index is 1.29. The highest BCUT2D eigenvalue weighted by Crippen LogP contribution is 2.20. The van der Waals surface area contributed by atoms with Gasteiger partial charge in [-0.1, -0.05) is 30.3 Å². The first-order chi connectivity index (χ1) is 15.7. The molecule has 0 atom stereocenters. The normalized spacial score (nSPS) is 13.4. The third-order valence-corrected chi connectivity index (χ3v) is 5.56. The second-order valence-corrected chi connectivity index (χ2v) is 8.30. The highest BCUT2D eigenvalue weighted by molar-refractivity contribution is 5.94. The van der Waals surface area contributed by atoms with Crippen molar-refractivity contribution in [3.63, 3.8) is 0 Å². The summed E-state index contributed by atoms with van der Waals surface area (Å²) in [4.78, 5) is 14.6. The summed E-state index contributed by atoms with van der Waals surface area (Å²) in [5.74, 6) is 0.931. The number of para-hydroxylation sites is 1. The van der Waals surface area contributed by atoms with Crippen LogP contribution in [0, 0.1) is 0 Å². The van der Waals surface area contributed by atoms with E-state index in [2.05, 4.69) is 21.5 Å².